The number of hydrogen-bond acceptors (Lipinski definition) is 3. The van der Waals surface area contributed by atoms with Gasteiger partial charge in [0.2, 0.25) is 0 Å². The van der Waals surface area contributed by atoms with Crippen LogP contribution in [0.1, 0.15) is 63.4 Å². The summed E-state index contributed by atoms with van der Waals surface area (Å²) in [4.78, 5) is 12.3. The van der Waals surface area contributed by atoms with Crippen LogP contribution in [0, 0.1) is 11.3 Å². The zero-order chi connectivity index (χ0) is 15.5. The summed E-state index contributed by atoms with van der Waals surface area (Å²) >= 11 is 0. The third-order valence-corrected chi connectivity index (χ3v) is 3.68. The summed E-state index contributed by atoms with van der Waals surface area (Å²) in [7, 11) is 1.56. The number of carbonyl (C=O) groups excluding carboxylic acids is 1. The van der Waals surface area contributed by atoms with Gasteiger partial charge in [0.05, 0.1) is 13.2 Å². The van der Waals surface area contributed by atoms with E-state index >= 15 is 0 Å². The zero-order valence-electron chi connectivity index (χ0n) is 13.1. The lowest BCUT2D eigenvalue weighted by molar-refractivity contribution is -0.119. The summed E-state index contributed by atoms with van der Waals surface area (Å²) < 4.78 is 5.24. The molecule has 0 amide bonds. The minimum absolute atomic E-state index is 0.00232. The molecular formula is C18H25NO2. The first kappa shape index (κ1) is 17.2. The minimum Gasteiger partial charge on any atom is -0.496 e. The molecular weight excluding hydrogens is 262 g/mol. The summed E-state index contributed by atoms with van der Waals surface area (Å²) in [6.07, 6.45) is 7.30. The Morgan fingerprint density at radius 3 is 2.52 bits per heavy atom. The highest BCUT2D eigenvalue weighted by Crippen LogP contribution is 2.28. The molecule has 0 spiro atoms. The van der Waals surface area contributed by atoms with E-state index in [0.29, 0.717) is 17.7 Å². The third kappa shape index (κ3) is 5.59. The SMILES string of the molecule is CCCCCCCCC(=O)C(C#N)c1ccccc1OC. The lowest BCUT2D eigenvalue weighted by atomic mass is 9.92. The Labute approximate surface area is 127 Å². The first-order chi connectivity index (χ1) is 10.2. The van der Waals surface area contributed by atoms with Gasteiger partial charge in [-0.3, -0.25) is 4.79 Å². The van der Waals surface area contributed by atoms with Crippen molar-refractivity contribution in [1.82, 2.24) is 0 Å². The number of nitrogens with zero attached hydrogens (tertiary/aromatic N) is 1. The van der Waals surface area contributed by atoms with Crippen LogP contribution in [0.15, 0.2) is 24.3 Å². The Balaban J connectivity index is 2.52. The lowest BCUT2D eigenvalue weighted by Gasteiger charge is -2.12. The van der Waals surface area contributed by atoms with Crippen LogP contribution in [0.3, 0.4) is 0 Å². The van der Waals surface area contributed by atoms with Gasteiger partial charge >= 0.3 is 0 Å². The second kappa shape index (κ2) is 9.99. The highest BCUT2D eigenvalue weighted by molar-refractivity contribution is 5.89. The third-order valence-electron chi connectivity index (χ3n) is 3.68. The van der Waals surface area contributed by atoms with Crippen molar-refractivity contribution in [1.29, 1.82) is 5.26 Å². The molecule has 21 heavy (non-hydrogen) atoms. The van der Waals surface area contributed by atoms with Crippen LogP contribution in [0.2, 0.25) is 0 Å². The number of ether oxygens (including phenoxy) is 1. The lowest BCUT2D eigenvalue weighted by Crippen LogP contribution is -2.11. The monoisotopic (exact) mass is 287 g/mol. The first-order valence-corrected chi connectivity index (χ1v) is 7.79. The number of rotatable bonds is 10. The molecule has 0 bridgehead atoms. The van der Waals surface area contributed by atoms with Crippen LogP contribution in [-0.2, 0) is 4.79 Å². The second-order valence-electron chi connectivity index (χ2n) is 5.29. The van der Waals surface area contributed by atoms with E-state index in [4.69, 9.17) is 4.74 Å². The molecule has 3 heteroatoms. The normalized spacial score (nSPS) is 11.7. The maximum atomic E-state index is 12.3. The molecule has 3 nitrogen and oxygen atoms in total. The molecule has 1 aromatic carbocycles. The fraction of sp³-hybridized carbons (Fsp3) is 0.556. The van der Waals surface area contributed by atoms with Gasteiger partial charge in [0.1, 0.15) is 11.7 Å². The molecule has 0 aliphatic carbocycles. The Hall–Kier alpha value is -1.82. The number of unbranched alkanes of at least 4 members (excludes halogenated alkanes) is 5. The minimum atomic E-state index is -0.711. The van der Waals surface area contributed by atoms with Gasteiger partial charge in [0.25, 0.3) is 0 Å². The molecule has 0 aliphatic heterocycles. The van der Waals surface area contributed by atoms with Crippen molar-refractivity contribution in [3.63, 3.8) is 0 Å². The molecule has 0 heterocycles. The summed E-state index contributed by atoms with van der Waals surface area (Å²) in [6, 6.07) is 9.39. The van der Waals surface area contributed by atoms with Crippen molar-refractivity contribution in [3.05, 3.63) is 29.8 Å². The Morgan fingerprint density at radius 1 is 1.19 bits per heavy atom. The number of ketones is 1. The van der Waals surface area contributed by atoms with Crippen LogP contribution < -0.4 is 4.74 Å². The van der Waals surface area contributed by atoms with Gasteiger partial charge in [-0.1, -0.05) is 57.2 Å². The molecule has 0 aromatic heterocycles. The van der Waals surface area contributed by atoms with E-state index in [1.165, 1.54) is 25.7 Å². The molecule has 0 radical (unpaired) electrons. The van der Waals surface area contributed by atoms with E-state index in [0.717, 1.165) is 12.8 Å². The second-order valence-corrected chi connectivity index (χ2v) is 5.29. The van der Waals surface area contributed by atoms with Crippen molar-refractivity contribution in [2.45, 2.75) is 57.8 Å². The number of para-hydroxylation sites is 1. The van der Waals surface area contributed by atoms with E-state index in [2.05, 4.69) is 13.0 Å². The van der Waals surface area contributed by atoms with Crippen LogP contribution in [-0.4, -0.2) is 12.9 Å². The predicted octanol–water partition coefficient (Wildman–Crippen LogP) is 4.62. The number of methoxy groups -OCH3 is 1. The summed E-state index contributed by atoms with van der Waals surface area (Å²) in [5, 5.41) is 9.32. The van der Waals surface area contributed by atoms with E-state index in [1.54, 1.807) is 19.2 Å². The Morgan fingerprint density at radius 2 is 1.86 bits per heavy atom. The van der Waals surface area contributed by atoms with Gasteiger partial charge in [0, 0.05) is 12.0 Å². The quantitative estimate of drug-likeness (QED) is 0.590. The maximum Gasteiger partial charge on any atom is 0.154 e. The van der Waals surface area contributed by atoms with Crippen molar-refractivity contribution >= 4 is 5.78 Å². The molecule has 114 valence electrons. The molecule has 1 rings (SSSR count). The average molecular weight is 287 g/mol. The highest BCUT2D eigenvalue weighted by atomic mass is 16.5. The first-order valence-electron chi connectivity index (χ1n) is 7.79. The largest absolute Gasteiger partial charge is 0.496 e. The van der Waals surface area contributed by atoms with Gasteiger partial charge < -0.3 is 4.74 Å². The van der Waals surface area contributed by atoms with Crippen molar-refractivity contribution < 1.29 is 9.53 Å². The molecule has 0 aliphatic rings. The number of nitriles is 1. The summed E-state index contributed by atoms with van der Waals surface area (Å²) in [6.45, 7) is 2.19. The van der Waals surface area contributed by atoms with Gasteiger partial charge in [0.15, 0.2) is 5.78 Å². The smallest absolute Gasteiger partial charge is 0.154 e. The Kier molecular flexibility index (Phi) is 8.19. The summed E-state index contributed by atoms with van der Waals surface area (Å²) in [5.41, 5.74) is 0.679. The van der Waals surface area contributed by atoms with Crippen molar-refractivity contribution in [2.24, 2.45) is 0 Å². The van der Waals surface area contributed by atoms with Crippen LogP contribution in [0.4, 0.5) is 0 Å². The standard InChI is InChI=1S/C18H25NO2/c1-3-4-5-6-7-8-12-17(20)16(14-19)15-11-9-10-13-18(15)21-2/h9-11,13,16H,3-8,12H2,1-2H3. The fourth-order valence-electron chi connectivity index (χ4n) is 2.44. The highest BCUT2D eigenvalue weighted by Gasteiger charge is 2.22. The number of Topliss-reactive ketones (excluding diaryl/α,β-unsaturated/α-hetero) is 1. The number of benzene rings is 1. The van der Waals surface area contributed by atoms with Gasteiger partial charge in [-0.25, -0.2) is 0 Å². The molecule has 0 saturated heterocycles. The van der Waals surface area contributed by atoms with Gasteiger partial charge in [-0.15, -0.1) is 0 Å². The van der Waals surface area contributed by atoms with Crippen LogP contribution in [0.5, 0.6) is 5.75 Å². The molecule has 0 N–H and O–H groups in total. The predicted molar refractivity (Wildman–Crippen MR) is 84.3 cm³/mol. The van der Waals surface area contributed by atoms with E-state index in [9.17, 15) is 10.1 Å². The van der Waals surface area contributed by atoms with E-state index in [-0.39, 0.29) is 5.78 Å². The topological polar surface area (TPSA) is 50.1 Å². The van der Waals surface area contributed by atoms with Crippen LogP contribution in [0.25, 0.3) is 0 Å². The maximum absolute atomic E-state index is 12.3. The van der Waals surface area contributed by atoms with Gasteiger partial charge in [-0.05, 0) is 12.5 Å². The molecule has 0 fully saturated rings. The molecule has 0 saturated carbocycles. The van der Waals surface area contributed by atoms with Crippen molar-refractivity contribution in [3.8, 4) is 11.8 Å². The van der Waals surface area contributed by atoms with Gasteiger partial charge in [-0.2, -0.15) is 5.26 Å². The summed E-state index contributed by atoms with van der Waals surface area (Å²) in [5.74, 6) is -0.102. The average Bonchev–Trinajstić information content (AvgIpc) is 2.52. The van der Waals surface area contributed by atoms with Crippen molar-refractivity contribution in [2.75, 3.05) is 7.11 Å². The van der Waals surface area contributed by atoms with E-state index in [1.807, 2.05) is 12.1 Å². The molecule has 1 unspecified atom stereocenters. The zero-order valence-corrected chi connectivity index (χ0v) is 13.1. The molecule has 1 atom stereocenters. The number of carbonyl (C=O) groups is 1. The van der Waals surface area contributed by atoms with E-state index < -0.39 is 5.92 Å². The molecule has 1 aromatic rings. The Bertz CT molecular complexity index is 476. The van der Waals surface area contributed by atoms with Crippen LogP contribution >= 0.6 is 0 Å². The number of hydrogen-bond donors (Lipinski definition) is 0. The fourth-order valence-corrected chi connectivity index (χ4v) is 2.44.